The second kappa shape index (κ2) is 5.56. The fourth-order valence-electron chi connectivity index (χ4n) is 2.13. The number of aryl methyl sites for hydroxylation is 2. The second-order valence-electron chi connectivity index (χ2n) is 4.42. The van der Waals surface area contributed by atoms with Gasteiger partial charge in [-0.05, 0) is 26.8 Å². The first-order valence-electron chi connectivity index (χ1n) is 5.68. The van der Waals surface area contributed by atoms with E-state index in [9.17, 15) is 4.79 Å². The van der Waals surface area contributed by atoms with Crippen LogP contribution in [0.5, 0.6) is 0 Å². The van der Waals surface area contributed by atoms with Crippen LogP contribution in [0.2, 0.25) is 0 Å². The van der Waals surface area contributed by atoms with E-state index in [4.69, 9.17) is 4.42 Å². The molecule has 1 unspecified atom stereocenters. The minimum absolute atomic E-state index is 0. The molecule has 0 aliphatic carbocycles. The molecule has 1 saturated heterocycles. The number of furan rings is 1. The van der Waals surface area contributed by atoms with Gasteiger partial charge in [-0.1, -0.05) is 0 Å². The number of nitrogens with zero attached hydrogens (tertiary/aromatic N) is 1. The van der Waals surface area contributed by atoms with Crippen molar-refractivity contribution in [2.45, 2.75) is 26.8 Å². The Bertz CT molecular complexity index is 403. The number of carbonyl (C=O) groups excluding carboxylic acids is 1. The fraction of sp³-hybridized carbons (Fsp3) is 0.583. The lowest BCUT2D eigenvalue weighted by Crippen LogP contribution is -2.52. The monoisotopic (exact) mass is 258 g/mol. The standard InChI is InChI=1S/C12H18N2O2.ClH/c1-8-6-10(3)16-11(8)12(15)14-5-4-13-7-9(14)2;/h6,9,13H,4-5,7H2,1-3H3;1H. The summed E-state index contributed by atoms with van der Waals surface area (Å²) < 4.78 is 5.47. The first-order valence-corrected chi connectivity index (χ1v) is 5.68. The minimum Gasteiger partial charge on any atom is -0.456 e. The highest BCUT2D eigenvalue weighted by molar-refractivity contribution is 5.93. The molecule has 1 aromatic rings. The Balaban J connectivity index is 0.00000144. The van der Waals surface area contributed by atoms with Crippen molar-refractivity contribution < 1.29 is 9.21 Å². The molecule has 0 bridgehead atoms. The number of hydrogen-bond acceptors (Lipinski definition) is 3. The number of carbonyl (C=O) groups is 1. The van der Waals surface area contributed by atoms with Gasteiger partial charge in [0.05, 0.1) is 0 Å². The first-order chi connectivity index (χ1) is 7.59. The molecule has 0 spiro atoms. The summed E-state index contributed by atoms with van der Waals surface area (Å²) in [5, 5.41) is 3.27. The van der Waals surface area contributed by atoms with E-state index in [0.29, 0.717) is 5.76 Å². The predicted octanol–water partition coefficient (Wildman–Crippen LogP) is 1.75. The Hall–Kier alpha value is -1.00. The van der Waals surface area contributed by atoms with E-state index in [-0.39, 0.29) is 24.4 Å². The second-order valence-corrected chi connectivity index (χ2v) is 4.42. The molecule has 5 heteroatoms. The molecule has 1 aromatic heterocycles. The highest BCUT2D eigenvalue weighted by Crippen LogP contribution is 2.17. The highest BCUT2D eigenvalue weighted by Gasteiger charge is 2.27. The maximum atomic E-state index is 12.2. The molecular weight excluding hydrogens is 240 g/mol. The smallest absolute Gasteiger partial charge is 0.290 e. The van der Waals surface area contributed by atoms with Crippen LogP contribution in [0.3, 0.4) is 0 Å². The van der Waals surface area contributed by atoms with E-state index < -0.39 is 0 Å². The minimum atomic E-state index is 0. The van der Waals surface area contributed by atoms with Gasteiger partial charge < -0.3 is 14.6 Å². The largest absolute Gasteiger partial charge is 0.456 e. The van der Waals surface area contributed by atoms with E-state index in [2.05, 4.69) is 12.2 Å². The highest BCUT2D eigenvalue weighted by atomic mass is 35.5. The van der Waals surface area contributed by atoms with E-state index in [0.717, 1.165) is 31.0 Å². The molecular formula is C12H19ClN2O2. The summed E-state index contributed by atoms with van der Waals surface area (Å²) in [7, 11) is 0. The number of amides is 1. The van der Waals surface area contributed by atoms with E-state index in [1.165, 1.54) is 0 Å². The van der Waals surface area contributed by atoms with Gasteiger partial charge in [-0.2, -0.15) is 0 Å². The average molecular weight is 259 g/mol. The summed E-state index contributed by atoms with van der Waals surface area (Å²) in [6, 6.07) is 2.13. The Labute approximate surface area is 108 Å². The zero-order valence-corrected chi connectivity index (χ0v) is 11.3. The topological polar surface area (TPSA) is 45.5 Å². The van der Waals surface area contributed by atoms with Gasteiger partial charge in [0.1, 0.15) is 5.76 Å². The van der Waals surface area contributed by atoms with Gasteiger partial charge in [0.2, 0.25) is 0 Å². The lowest BCUT2D eigenvalue weighted by Gasteiger charge is -2.33. The molecule has 96 valence electrons. The van der Waals surface area contributed by atoms with Gasteiger partial charge in [-0.3, -0.25) is 4.79 Å². The summed E-state index contributed by atoms with van der Waals surface area (Å²) in [5.41, 5.74) is 0.924. The maximum absolute atomic E-state index is 12.2. The normalized spacial score (nSPS) is 19.9. The van der Waals surface area contributed by atoms with Crippen molar-refractivity contribution in [2.75, 3.05) is 19.6 Å². The molecule has 0 radical (unpaired) electrons. The lowest BCUT2D eigenvalue weighted by molar-refractivity contribution is 0.0620. The Kier molecular flexibility index (Phi) is 4.60. The fourth-order valence-corrected chi connectivity index (χ4v) is 2.13. The van der Waals surface area contributed by atoms with Gasteiger partial charge in [0.15, 0.2) is 5.76 Å². The van der Waals surface area contributed by atoms with Crippen molar-refractivity contribution in [1.82, 2.24) is 10.2 Å². The molecule has 2 rings (SSSR count). The van der Waals surface area contributed by atoms with Crippen molar-refractivity contribution in [3.05, 3.63) is 23.2 Å². The summed E-state index contributed by atoms with van der Waals surface area (Å²) in [4.78, 5) is 14.1. The third-order valence-electron chi connectivity index (χ3n) is 3.00. The quantitative estimate of drug-likeness (QED) is 0.835. The molecule has 1 atom stereocenters. The first kappa shape index (κ1) is 14.1. The Morgan fingerprint density at radius 2 is 2.24 bits per heavy atom. The maximum Gasteiger partial charge on any atom is 0.290 e. The number of rotatable bonds is 1. The molecule has 1 fully saturated rings. The molecule has 0 saturated carbocycles. The predicted molar refractivity (Wildman–Crippen MR) is 68.8 cm³/mol. The van der Waals surface area contributed by atoms with Gasteiger partial charge in [-0.15, -0.1) is 12.4 Å². The number of halogens is 1. The van der Waals surface area contributed by atoms with Crippen LogP contribution in [0.1, 0.15) is 28.8 Å². The van der Waals surface area contributed by atoms with Crippen molar-refractivity contribution in [1.29, 1.82) is 0 Å². The van der Waals surface area contributed by atoms with E-state index in [1.54, 1.807) is 0 Å². The Morgan fingerprint density at radius 1 is 1.53 bits per heavy atom. The summed E-state index contributed by atoms with van der Waals surface area (Å²) in [6.45, 7) is 8.29. The van der Waals surface area contributed by atoms with Crippen LogP contribution in [0, 0.1) is 13.8 Å². The van der Waals surface area contributed by atoms with Crippen LogP contribution < -0.4 is 5.32 Å². The molecule has 2 heterocycles. The molecule has 1 amide bonds. The van der Waals surface area contributed by atoms with Crippen LogP contribution in [0.25, 0.3) is 0 Å². The molecule has 17 heavy (non-hydrogen) atoms. The van der Waals surface area contributed by atoms with Crippen LogP contribution in [-0.2, 0) is 0 Å². The van der Waals surface area contributed by atoms with Gasteiger partial charge in [0.25, 0.3) is 5.91 Å². The zero-order valence-electron chi connectivity index (χ0n) is 10.4. The van der Waals surface area contributed by atoms with Crippen LogP contribution in [-0.4, -0.2) is 36.5 Å². The van der Waals surface area contributed by atoms with Crippen molar-refractivity contribution in [3.63, 3.8) is 0 Å². The number of piperazine rings is 1. The lowest BCUT2D eigenvalue weighted by atomic mass is 10.2. The third kappa shape index (κ3) is 2.82. The van der Waals surface area contributed by atoms with Crippen LogP contribution >= 0.6 is 12.4 Å². The van der Waals surface area contributed by atoms with Crippen molar-refractivity contribution >= 4 is 18.3 Å². The summed E-state index contributed by atoms with van der Waals surface area (Å²) >= 11 is 0. The SMILES string of the molecule is Cc1cc(C)c(C(=O)N2CCNCC2C)o1.Cl. The Morgan fingerprint density at radius 3 is 2.76 bits per heavy atom. The molecule has 4 nitrogen and oxygen atoms in total. The molecule has 0 aromatic carbocycles. The average Bonchev–Trinajstić information content (AvgIpc) is 2.58. The zero-order chi connectivity index (χ0) is 11.7. The summed E-state index contributed by atoms with van der Waals surface area (Å²) in [5.74, 6) is 1.30. The van der Waals surface area contributed by atoms with Crippen LogP contribution in [0.4, 0.5) is 0 Å². The van der Waals surface area contributed by atoms with Crippen LogP contribution in [0.15, 0.2) is 10.5 Å². The summed E-state index contributed by atoms with van der Waals surface area (Å²) in [6.07, 6.45) is 0. The molecule has 1 aliphatic rings. The molecule has 1 aliphatic heterocycles. The number of nitrogens with one attached hydrogen (secondary N) is 1. The third-order valence-corrected chi connectivity index (χ3v) is 3.00. The van der Waals surface area contributed by atoms with Gasteiger partial charge >= 0.3 is 0 Å². The van der Waals surface area contributed by atoms with E-state index in [1.807, 2.05) is 24.8 Å². The van der Waals surface area contributed by atoms with Crippen molar-refractivity contribution in [3.8, 4) is 0 Å². The van der Waals surface area contributed by atoms with Gasteiger partial charge in [0, 0.05) is 31.2 Å². The number of hydrogen-bond donors (Lipinski definition) is 1. The van der Waals surface area contributed by atoms with Gasteiger partial charge in [-0.25, -0.2) is 0 Å². The van der Waals surface area contributed by atoms with Crippen molar-refractivity contribution in [2.24, 2.45) is 0 Å². The molecule has 1 N–H and O–H groups in total. The van der Waals surface area contributed by atoms with E-state index >= 15 is 0 Å².